The number of amides is 1. The summed E-state index contributed by atoms with van der Waals surface area (Å²) in [6, 6.07) is 11.2. The van der Waals surface area contributed by atoms with Crippen LogP contribution in [-0.2, 0) is 27.9 Å². The molecule has 3 aromatic rings. The van der Waals surface area contributed by atoms with Gasteiger partial charge in [-0.25, -0.2) is 13.1 Å². The number of nitrogens with zero attached hydrogens (tertiary/aromatic N) is 4. The van der Waals surface area contributed by atoms with Gasteiger partial charge in [0.05, 0.1) is 10.4 Å². The van der Waals surface area contributed by atoms with Crippen LogP contribution in [0.3, 0.4) is 0 Å². The molecule has 0 radical (unpaired) electrons. The topological polar surface area (TPSA) is 97.2 Å². The zero-order valence-corrected chi connectivity index (χ0v) is 18.7. The Morgan fingerprint density at radius 3 is 2.74 bits per heavy atom. The Morgan fingerprint density at radius 2 is 2.00 bits per heavy atom. The van der Waals surface area contributed by atoms with Crippen LogP contribution in [0.2, 0.25) is 5.02 Å². The highest BCUT2D eigenvalue weighted by atomic mass is 35.5. The van der Waals surface area contributed by atoms with E-state index in [0.29, 0.717) is 43.0 Å². The molecule has 1 atom stereocenters. The summed E-state index contributed by atoms with van der Waals surface area (Å²) in [5, 5.41) is 11.7. The fourth-order valence-electron chi connectivity index (χ4n) is 3.82. The molecule has 2 heterocycles. The predicted octanol–water partition coefficient (Wildman–Crippen LogP) is 2.96. The lowest BCUT2D eigenvalue weighted by Gasteiger charge is -2.23. The van der Waals surface area contributed by atoms with E-state index < -0.39 is 16.1 Å². The molecular formula is C21H24ClN5O3S. The Bertz CT molecular complexity index is 1190. The van der Waals surface area contributed by atoms with Crippen molar-refractivity contribution in [2.24, 2.45) is 0 Å². The second kappa shape index (κ2) is 8.94. The van der Waals surface area contributed by atoms with E-state index in [1.54, 1.807) is 28.9 Å². The average Bonchev–Trinajstić information content (AvgIpc) is 3.41. The molecule has 1 saturated heterocycles. The largest absolute Gasteiger partial charge is 0.351 e. The van der Waals surface area contributed by atoms with Crippen molar-refractivity contribution in [1.29, 1.82) is 0 Å². The number of sulfonamides is 1. The van der Waals surface area contributed by atoms with Crippen LogP contribution in [0.5, 0.6) is 0 Å². The van der Waals surface area contributed by atoms with Gasteiger partial charge in [-0.3, -0.25) is 4.79 Å². The van der Waals surface area contributed by atoms with E-state index in [1.807, 2.05) is 19.1 Å². The molecular weight excluding hydrogens is 438 g/mol. The first kappa shape index (κ1) is 21.7. The van der Waals surface area contributed by atoms with Crippen LogP contribution >= 0.6 is 11.6 Å². The SMILES string of the molecule is CCCn1nnc2cc(S(=O)(=O)N3CCC[C@H]3C(=O)NCc3ccc(Cl)cc3)ccc21. The van der Waals surface area contributed by atoms with Crippen molar-refractivity contribution in [1.82, 2.24) is 24.6 Å². The van der Waals surface area contributed by atoms with Gasteiger partial charge in [-0.2, -0.15) is 4.31 Å². The molecule has 1 amide bonds. The van der Waals surface area contributed by atoms with Crippen molar-refractivity contribution in [3.05, 3.63) is 53.1 Å². The molecule has 10 heteroatoms. The number of halogens is 1. The Labute approximate surface area is 186 Å². The van der Waals surface area contributed by atoms with Gasteiger partial charge < -0.3 is 5.32 Å². The van der Waals surface area contributed by atoms with Crippen LogP contribution in [0.1, 0.15) is 31.7 Å². The summed E-state index contributed by atoms with van der Waals surface area (Å²) in [6.07, 6.45) is 2.02. The van der Waals surface area contributed by atoms with Crippen LogP contribution < -0.4 is 5.32 Å². The second-order valence-corrected chi connectivity index (χ2v) is 9.91. The minimum Gasteiger partial charge on any atom is -0.351 e. The molecule has 1 aliphatic rings. The Balaban J connectivity index is 1.52. The number of carbonyl (C=O) groups excluding carboxylic acids is 1. The number of rotatable bonds is 7. The number of aryl methyl sites for hydroxylation is 1. The number of carbonyl (C=O) groups is 1. The molecule has 0 bridgehead atoms. The van der Waals surface area contributed by atoms with E-state index in [4.69, 9.17) is 11.6 Å². The van der Waals surface area contributed by atoms with Crippen LogP contribution in [0.25, 0.3) is 11.0 Å². The minimum atomic E-state index is -3.84. The maximum absolute atomic E-state index is 13.3. The van der Waals surface area contributed by atoms with Crippen molar-refractivity contribution >= 4 is 38.6 Å². The number of fused-ring (bicyclic) bond motifs is 1. The lowest BCUT2D eigenvalue weighted by molar-refractivity contribution is -0.124. The summed E-state index contributed by atoms with van der Waals surface area (Å²) in [5.74, 6) is -0.300. The van der Waals surface area contributed by atoms with Crippen LogP contribution in [0.4, 0.5) is 0 Å². The highest BCUT2D eigenvalue weighted by molar-refractivity contribution is 7.89. The van der Waals surface area contributed by atoms with E-state index in [0.717, 1.165) is 17.5 Å². The van der Waals surface area contributed by atoms with Gasteiger partial charge in [0.1, 0.15) is 11.6 Å². The minimum absolute atomic E-state index is 0.126. The van der Waals surface area contributed by atoms with Gasteiger partial charge >= 0.3 is 0 Å². The Morgan fingerprint density at radius 1 is 1.23 bits per heavy atom. The van der Waals surface area contributed by atoms with Gasteiger partial charge in [-0.15, -0.1) is 5.10 Å². The third-order valence-electron chi connectivity index (χ3n) is 5.41. The summed E-state index contributed by atoms with van der Waals surface area (Å²) in [7, 11) is -3.84. The highest BCUT2D eigenvalue weighted by Crippen LogP contribution is 2.28. The van der Waals surface area contributed by atoms with Crippen molar-refractivity contribution < 1.29 is 13.2 Å². The van der Waals surface area contributed by atoms with Crippen LogP contribution in [-0.4, -0.2) is 46.2 Å². The van der Waals surface area contributed by atoms with Gasteiger partial charge in [0.15, 0.2) is 0 Å². The molecule has 1 aliphatic heterocycles. The first-order valence-corrected chi connectivity index (χ1v) is 12.1. The van der Waals surface area contributed by atoms with E-state index in [-0.39, 0.29) is 10.8 Å². The number of nitrogens with one attached hydrogen (secondary N) is 1. The molecule has 0 aliphatic carbocycles. The van der Waals surface area contributed by atoms with E-state index in [9.17, 15) is 13.2 Å². The standard InChI is InChI=1S/C21H24ClN5O3S/c1-2-11-26-19-10-9-17(13-18(19)24-25-26)31(29,30)27-12-3-4-20(27)21(28)23-14-15-5-7-16(22)8-6-15/h5-10,13,20H,2-4,11-12,14H2,1H3,(H,23,28)/t20-/m0/s1. The summed E-state index contributed by atoms with van der Waals surface area (Å²) < 4.78 is 29.7. The number of hydrogen-bond acceptors (Lipinski definition) is 5. The fraction of sp³-hybridized carbons (Fsp3) is 0.381. The molecule has 1 N–H and O–H groups in total. The molecule has 2 aromatic carbocycles. The molecule has 4 rings (SSSR count). The maximum atomic E-state index is 13.3. The molecule has 1 aromatic heterocycles. The maximum Gasteiger partial charge on any atom is 0.243 e. The summed E-state index contributed by atoms with van der Waals surface area (Å²) in [4.78, 5) is 12.9. The van der Waals surface area contributed by atoms with E-state index in [1.165, 1.54) is 10.4 Å². The summed E-state index contributed by atoms with van der Waals surface area (Å²) >= 11 is 5.89. The van der Waals surface area contributed by atoms with Gasteiger partial charge in [-0.1, -0.05) is 35.9 Å². The molecule has 8 nitrogen and oxygen atoms in total. The third kappa shape index (κ3) is 4.44. The zero-order chi connectivity index (χ0) is 22.0. The molecule has 0 spiro atoms. The quantitative estimate of drug-likeness (QED) is 0.583. The van der Waals surface area contributed by atoms with Gasteiger partial charge in [0.25, 0.3) is 0 Å². The fourth-order valence-corrected chi connectivity index (χ4v) is 5.63. The lowest BCUT2D eigenvalue weighted by atomic mass is 10.2. The van der Waals surface area contributed by atoms with Gasteiger partial charge in [0, 0.05) is 24.7 Å². The number of benzene rings is 2. The van der Waals surface area contributed by atoms with Crippen LogP contribution in [0, 0.1) is 0 Å². The summed E-state index contributed by atoms with van der Waals surface area (Å²) in [5.41, 5.74) is 2.21. The monoisotopic (exact) mass is 461 g/mol. The van der Waals surface area contributed by atoms with Crippen molar-refractivity contribution in [3.63, 3.8) is 0 Å². The lowest BCUT2D eigenvalue weighted by Crippen LogP contribution is -2.45. The molecule has 31 heavy (non-hydrogen) atoms. The first-order chi connectivity index (χ1) is 14.9. The molecule has 0 saturated carbocycles. The Hall–Kier alpha value is -2.49. The number of hydrogen-bond donors (Lipinski definition) is 1. The van der Waals surface area contributed by atoms with Crippen molar-refractivity contribution in [3.8, 4) is 0 Å². The molecule has 1 fully saturated rings. The first-order valence-electron chi connectivity index (χ1n) is 10.3. The normalized spacial score (nSPS) is 17.3. The van der Waals surface area contributed by atoms with Gasteiger partial charge in [-0.05, 0) is 55.2 Å². The smallest absolute Gasteiger partial charge is 0.243 e. The summed E-state index contributed by atoms with van der Waals surface area (Å²) in [6.45, 7) is 3.37. The van der Waals surface area contributed by atoms with Crippen molar-refractivity contribution in [2.45, 2.75) is 50.2 Å². The predicted molar refractivity (Wildman–Crippen MR) is 118 cm³/mol. The zero-order valence-electron chi connectivity index (χ0n) is 17.2. The van der Waals surface area contributed by atoms with E-state index >= 15 is 0 Å². The van der Waals surface area contributed by atoms with Crippen LogP contribution in [0.15, 0.2) is 47.4 Å². The van der Waals surface area contributed by atoms with Gasteiger partial charge in [0.2, 0.25) is 15.9 Å². The van der Waals surface area contributed by atoms with Crippen molar-refractivity contribution in [2.75, 3.05) is 6.54 Å². The number of aromatic nitrogens is 3. The van der Waals surface area contributed by atoms with E-state index in [2.05, 4.69) is 15.6 Å². The molecule has 0 unspecified atom stereocenters. The second-order valence-electron chi connectivity index (χ2n) is 7.58. The average molecular weight is 462 g/mol. The highest BCUT2D eigenvalue weighted by Gasteiger charge is 2.39. The Kier molecular flexibility index (Phi) is 6.27. The third-order valence-corrected chi connectivity index (χ3v) is 7.57. The molecule has 164 valence electrons.